The third-order valence-corrected chi connectivity index (χ3v) is 9.86. The highest BCUT2D eigenvalue weighted by Crippen LogP contribution is 2.46. The van der Waals surface area contributed by atoms with E-state index < -0.39 is 17.0 Å². The molecule has 0 unspecified atom stereocenters. The molecule has 1 atom stereocenters. The summed E-state index contributed by atoms with van der Waals surface area (Å²) < 4.78 is 5.45. The molecule has 2 aliphatic rings. The Bertz CT molecular complexity index is 1600. The van der Waals surface area contributed by atoms with Gasteiger partial charge in [-0.2, -0.15) is 0 Å². The van der Waals surface area contributed by atoms with Crippen molar-refractivity contribution in [2.75, 3.05) is 31.6 Å². The molecule has 0 radical (unpaired) electrons. The normalized spacial score (nSPS) is 16.2. The highest BCUT2D eigenvalue weighted by molar-refractivity contribution is 6.05. The zero-order valence-corrected chi connectivity index (χ0v) is 27.4. The SMILES string of the molecule is Cc1cc(C)c(NC(=O)C[C@H](CC(=O)OCCCCO[N+](=O)[O-])c2cccc3ccccc23)c(C(=O)N2CCC3(CCCC3)CC2)c1. The molecular weight excluding hydrogens is 598 g/mol. The van der Waals surface area contributed by atoms with E-state index in [1.807, 2.05) is 73.3 Å². The maximum Gasteiger partial charge on any atom is 0.306 e. The number of hydrogen-bond acceptors (Lipinski definition) is 7. The van der Waals surface area contributed by atoms with E-state index in [0.717, 1.165) is 53.4 Å². The van der Waals surface area contributed by atoms with Crippen molar-refractivity contribution in [3.8, 4) is 0 Å². The lowest BCUT2D eigenvalue weighted by Crippen LogP contribution is -2.42. The van der Waals surface area contributed by atoms with Crippen LogP contribution in [0.4, 0.5) is 5.69 Å². The average Bonchev–Trinajstić information content (AvgIpc) is 3.50. The lowest BCUT2D eigenvalue weighted by atomic mass is 9.77. The Hall–Kier alpha value is -4.47. The second kappa shape index (κ2) is 15.4. The van der Waals surface area contributed by atoms with Crippen LogP contribution in [0, 0.1) is 29.4 Å². The Balaban J connectivity index is 1.31. The number of benzene rings is 3. The van der Waals surface area contributed by atoms with Crippen LogP contribution in [0.3, 0.4) is 0 Å². The van der Waals surface area contributed by atoms with E-state index in [1.54, 1.807) is 0 Å². The highest BCUT2D eigenvalue weighted by atomic mass is 16.9. The molecule has 1 N–H and O–H groups in total. The van der Waals surface area contributed by atoms with E-state index in [9.17, 15) is 24.5 Å². The number of rotatable bonds is 13. The summed E-state index contributed by atoms with van der Waals surface area (Å²) in [5.41, 5.74) is 4.03. The highest BCUT2D eigenvalue weighted by Gasteiger charge is 2.38. The third kappa shape index (κ3) is 8.67. The monoisotopic (exact) mass is 643 g/mol. The van der Waals surface area contributed by atoms with E-state index >= 15 is 0 Å². The topological polar surface area (TPSA) is 128 Å². The van der Waals surface area contributed by atoms with Gasteiger partial charge in [0.15, 0.2) is 0 Å². The number of esters is 1. The van der Waals surface area contributed by atoms with E-state index in [1.165, 1.54) is 25.7 Å². The molecule has 1 aliphatic heterocycles. The fourth-order valence-electron chi connectivity index (χ4n) is 7.38. The molecule has 2 amide bonds. The molecule has 0 aromatic heterocycles. The number of anilines is 1. The van der Waals surface area contributed by atoms with Crippen LogP contribution in [0.1, 0.15) is 97.2 Å². The fraction of sp³-hybridized carbons (Fsp3) is 0.486. The van der Waals surface area contributed by atoms with Crippen LogP contribution in [0.15, 0.2) is 54.6 Å². The van der Waals surface area contributed by atoms with Gasteiger partial charge in [0.25, 0.3) is 11.0 Å². The number of nitrogens with zero attached hydrogens (tertiary/aromatic N) is 2. The number of aryl methyl sites for hydroxylation is 2. The van der Waals surface area contributed by atoms with Crippen molar-refractivity contribution in [3.05, 3.63) is 87.0 Å². The van der Waals surface area contributed by atoms with Crippen molar-refractivity contribution in [1.29, 1.82) is 0 Å². The summed E-state index contributed by atoms with van der Waals surface area (Å²) in [5, 5.41) is 14.5. The van der Waals surface area contributed by atoms with Gasteiger partial charge in [0.1, 0.15) is 0 Å². The quantitative estimate of drug-likeness (QED) is 0.0897. The van der Waals surface area contributed by atoms with Gasteiger partial charge in [0.2, 0.25) is 5.91 Å². The lowest BCUT2D eigenvalue weighted by Gasteiger charge is -2.39. The molecule has 1 spiro atoms. The van der Waals surface area contributed by atoms with Crippen LogP contribution < -0.4 is 5.32 Å². The number of carbonyl (C=O) groups is 3. The number of ether oxygens (including phenoxy) is 1. The van der Waals surface area contributed by atoms with Crippen LogP contribution in [0.2, 0.25) is 0 Å². The second-order valence-corrected chi connectivity index (χ2v) is 13.2. The molecular formula is C37H45N3O7. The number of fused-ring (bicyclic) bond motifs is 1. The van der Waals surface area contributed by atoms with Gasteiger partial charge in [-0.25, -0.2) is 0 Å². The number of carbonyl (C=O) groups excluding carboxylic acids is 3. The summed E-state index contributed by atoms with van der Waals surface area (Å²) in [6, 6.07) is 17.5. The fourth-order valence-corrected chi connectivity index (χ4v) is 7.38. The Morgan fingerprint density at radius 2 is 1.64 bits per heavy atom. The second-order valence-electron chi connectivity index (χ2n) is 13.2. The van der Waals surface area contributed by atoms with E-state index in [-0.39, 0.29) is 37.9 Å². The molecule has 10 heteroatoms. The van der Waals surface area contributed by atoms with Crippen molar-refractivity contribution in [2.45, 2.75) is 84.0 Å². The molecule has 1 heterocycles. The molecule has 3 aromatic carbocycles. The Morgan fingerprint density at radius 1 is 0.936 bits per heavy atom. The van der Waals surface area contributed by atoms with Crippen molar-refractivity contribution in [3.63, 3.8) is 0 Å². The minimum atomic E-state index is -0.846. The number of nitrogens with one attached hydrogen (secondary N) is 1. The zero-order valence-electron chi connectivity index (χ0n) is 27.4. The standard InChI is InChI=1S/C37H45N3O7/c1-26-22-27(2)35(32(23-26)36(43)39-18-16-37(17-19-39)14-5-6-15-37)38-33(41)24-29(25-34(42)46-20-7-8-21-47-40(44)45)31-13-9-11-28-10-3-4-12-30(28)31/h3-4,9-13,22-23,29H,5-8,14-21,24-25H2,1-2H3,(H,38,41)/t29-/m1/s1. The molecule has 250 valence electrons. The number of likely N-dealkylation sites (tertiary alicyclic amines) is 1. The minimum absolute atomic E-state index is 0.00691. The van der Waals surface area contributed by atoms with E-state index in [4.69, 9.17) is 4.74 Å². The van der Waals surface area contributed by atoms with Crippen LogP contribution in [-0.2, 0) is 19.2 Å². The predicted octanol–water partition coefficient (Wildman–Crippen LogP) is 7.29. The molecule has 5 rings (SSSR count). The number of amides is 2. The number of unbranched alkanes of at least 4 members (excludes halogenated alkanes) is 1. The average molecular weight is 644 g/mol. The summed E-state index contributed by atoms with van der Waals surface area (Å²) in [6.07, 6.45) is 7.89. The third-order valence-electron chi connectivity index (χ3n) is 9.86. The van der Waals surface area contributed by atoms with Gasteiger partial charge < -0.3 is 19.8 Å². The molecule has 1 aliphatic carbocycles. The Kier molecular flexibility index (Phi) is 11.1. The maximum atomic E-state index is 13.9. The largest absolute Gasteiger partial charge is 0.466 e. The molecule has 47 heavy (non-hydrogen) atoms. The van der Waals surface area contributed by atoms with E-state index in [0.29, 0.717) is 29.5 Å². The van der Waals surface area contributed by atoms with Gasteiger partial charge in [-0.15, -0.1) is 10.1 Å². The van der Waals surface area contributed by atoms with Crippen LogP contribution >= 0.6 is 0 Å². The summed E-state index contributed by atoms with van der Waals surface area (Å²) in [5.74, 6) is -1.30. The molecule has 1 saturated carbocycles. The van der Waals surface area contributed by atoms with Gasteiger partial charge in [0.05, 0.1) is 30.9 Å². The number of hydrogen-bond donors (Lipinski definition) is 1. The van der Waals surface area contributed by atoms with Crippen molar-refractivity contribution >= 4 is 34.2 Å². The molecule has 1 saturated heterocycles. The minimum Gasteiger partial charge on any atom is -0.466 e. The van der Waals surface area contributed by atoms with Crippen molar-refractivity contribution < 1.29 is 29.0 Å². The molecule has 0 bridgehead atoms. The molecule has 2 fully saturated rings. The molecule has 3 aromatic rings. The summed E-state index contributed by atoms with van der Waals surface area (Å²) in [7, 11) is 0. The first kappa shape index (κ1) is 33.9. The zero-order chi connectivity index (χ0) is 33.4. The first-order chi connectivity index (χ1) is 22.6. The van der Waals surface area contributed by atoms with Gasteiger partial charge in [-0.05, 0) is 91.3 Å². The lowest BCUT2D eigenvalue weighted by molar-refractivity contribution is -0.757. The summed E-state index contributed by atoms with van der Waals surface area (Å²) in [4.78, 5) is 57.3. The predicted molar refractivity (Wildman–Crippen MR) is 180 cm³/mol. The maximum absolute atomic E-state index is 13.9. The van der Waals surface area contributed by atoms with Crippen molar-refractivity contribution in [2.24, 2.45) is 5.41 Å². The summed E-state index contributed by atoms with van der Waals surface area (Å²) >= 11 is 0. The van der Waals surface area contributed by atoms with Crippen molar-refractivity contribution in [1.82, 2.24) is 4.90 Å². The van der Waals surface area contributed by atoms with Gasteiger partial charge in [-0.3, -0.25) is 14.4 Å². The first-order valence-corrected chi connectivity index (χ1v) is 16.8. The van der Waals surface area contributed by atoms with Gasteiger partial charge in [-0.1, -0.05) is 61.4 Å². The number of piperidine rings is 1. The first-order valence-electron chi connectivity index (χ1n) is 16.8. The van der Waals surface area contributed by atoms with E-state index in [2.05, 4.69) is 10.2 Å². The van der Waals surface area contributed by atoms with Crippen LogP contribution in [-0.4, -0.2) is 54.1 Å². The van der Waals surface area contributed by atoms with Crippen LogP contribution in [0.5, 0.6) is 0 Å². The molecule has 10 nitrogen and oxygen atoms in total. The summed E-state index contributed by atoms with van der Waals surface area (Å²) in [6.45, 7) is 5.35. The Morgan fingerprint density at radius 3 is 2.38 bits per heavy atom. The van der Waals surface area contributed by atoms with Crippen LogP contribution in [0.25, 0.3) is 10.8 Å². The Labute approximate surface area is 275 Å². The smallest absolute Gasteiger partial charge is 0.306 e. The van der Waals surface area contributed by atoms with Gasteiger partial charge in [0, 0.05) is 25.4 Å². The van der Waals surface area contributed by atoms with Gasteiger partial charge >= 0.3 is 5.97 Å².